The Morgan fingerprint density at radius 3 is 2.38 bits per heavy atom. The van der Waals surface area contributed by atoms with E-state index in [2.05, 4.69) is 4.18 Å². The van der Waals surface area contributed by atoms with Gasteiger partial charge in [0.2, 0.25) is 5.91 Å². The molecule has 200 valence electrons. The van der Waals surface area contributed by atoms with Crippen molar-refractivity contribution in [2.75, 3.05) is 19.0 Å². The lowest BCUT2D eigenvalue weighted by molar-refractivity contribution is -0.151. The summed E-state index contributed by atoms with van der Waals surface area (Å²) in [5.74, 6) is -10.7. The van der Waals surface area contributed by atoms with Gasteiger partial charge in [-0.1, -0.05) is 0 Å². The topological polar surface area (TPSA) is 185 Å². The SMILES string of the molecule is CN(C)c1ccc(OS(=O)(=O)C(F)(F)F)c2c1CC1CC3CC(=O)C(C(N)=O)C(=N)C3(O)C(=O)C1C2=O. The van der Waals surface area contributed by atoms with Crippen LogP contribution >= 0.6 is 0 Å². The molecule has 1 aromatic rings. The lowest BCUT2D eigenvalue weighted by atomic mass is 9.53. The molecular weight excluding hydrogens is 523 g/mol. The third-order valence-electron chi connectivity index (χ3n) is 7.27. The Bertz CT molecular complexity index is 1370. The summed E-state index contributed by atoms with van der Waals surface area (Å²) in [6, 6.07) is 2.14. The average Bonchev–Trinajstić information content (AvgIpc) is 2.74. The van der Waals surface area contributed by atoms with Gasteiger partial charge in [-0.25, -0.2) is 0 Å². The number of aliphatic hydroxyl groups is 1. The molecule has 0 heterocycles. The number of hydrogen-bond donors (Lipinski definition) is 3. The highest BCUT2D eigenvalue weighted by atomic mass is 32.2. The molecule has 0 radical (unpaired) electrons. The summed E-state index contributed by atoms with van der Waals surface area (Å²) in [6.45, 7) is 0. The third kappa shape index (κ3) is 3.82. The molecule has 5 unspecified atom stereocenters. The number of primary amides is 1. The third-order valence-corrected chi connectivity index (χ3v) is 8.24. The quantitative estimate of drug-likeness (QED) is 0.273. The molecule has 0 bridgehead atoms. The van der Waals surface area contributed by atoms with Gasteiger partial charge in [0.05, 0.1) is 17.2 Å². The number of fused-ring (bicyclic) bond motifs is 3. The first-order valence-electron chi connectivity index (χ1n) is 11.0. The van der Waals surface area contributed by atoms with E-state index in [1.807, 2.05) is 0 Å². The second kappa shape index (κ2) is 8.34. The second-order valence-corrected chi connectivity index (χ2v) is 11.1. The summed E-state index contributed by atoms with van der Waals surface area (Å²) in [6.07, 6.45) is -0.645. The van der Waals surface area contributed by atoms with Crippen molar-refractivity contribution < 1.29 is 50.1 Å². The van der Waals surface area contributed by atoms with Gasteiger partial charge in [-0.15, -0.1) is 0 Å². The fourth-order valence-electron chi connectivity index (χ4n) is 5.65. The summed E-state index contributed by atoms with van der Waals surface area (Å²) >= 11 is 0. The maximum atomic E-state index is 13.7. The molecule has 0 spiro atoms. The van der Waals surface area contributed by atoms with Crippen molar-refractivity contribution in [1.82, 2.24) is 0 Å². The van der Waals surface area contributed by atoms with Crippen LogP contribution in [0.15, 0.2) is 12.1 Å². The molecular formula is C22H22F3N3O8S. The Kier molecular flexibility index (Phi) is 6.03. The standard InChI is InChI=1S/C22H22F3N3O8S/c1-28(2)11-3-4-13(36-37(34,35)22(23,24)25)15-10(11)6-8-5-9-7-12(29)16(20(27)32)18(26)21(9,33)19(31)14(8)17(15)30/h3-4,8-9,14,16,26,33H,5-7H2,1-2H3,(H2,27,32). The van der Waals surface area contributed by atoms with E-state index in [1.54, 1.807) is 14.1 Å². The summed E-state index contributed by atoms with van der Waals surface area (Å²) in [7, 11) is -3.01. The van der Waals surface area contributed by atoms with Gasteiger partial charge in [0.1, 0.15) is 5.92 Å². The Labute approximate surface area is 208 Å². The minimum atomic E-state index is -6.17. The number of nitrogens with two attached hydrogens (primary N) is 1. The molecule has 0 aliphatic heterocycles. The maximum Gasteiger partial charge on any atom is 0.534 e. The maximum absolute atomic E-state index is 13.7. The fourth-order valence-corrected chi connectivity index (χ4v) is 6.12. The van der Waals surface area contributed by atoms with E-state index in [9.17, 15) is 45.9 Å². The Morgan fingerprint density at radius 2 is 1.84 bits per heavy atom. The van der Waals surface area contributed by atoms with Crippen LogP contribution in [0.4, 0.5) is 18.9 Å². The number of nitrogens with one attached hydrogen (secondary N) is 1. The number of anilines is 1. The summed E-state index contributed by atoms with van der Waals surface area (Å²) in [5.41, 5.74) is -4.32. The smallest absolute Gasteiger partial charge is 0.377 e. The number of alkyl halides is 3. The van der Waals surface area contributed by atoms with Crippen LogP contribution < -0.4 is 14.8 Å². The number of halogens is 3. The predicted octanol–water partition coefficient (Wildman–Crippen LogP) is 0.366. The van der Waals surface area contributed by atoms with E-state index in [1.165, 1.54) is 11.0 Å². The normalized spacial score (nSPS) is 29.8. The first-order chi connectivity index (χ1) is 16.9. The van der Waals surface area contributed by atoms with E-state index in [0.29, 0.717) is 5.69 Å². The Balaban J connectivity index is 1.86. The number of carbonyl (C=O) groups is 4. The van der Waals surface area contributed by atoms with Crippen molar-refractivity contribution in [3.63, 3.8) is 0 Å². The average molecular weight is 545 g/mol. The van der Waals surface area contributed by atoms with E-state index in [0.717, 1.165) is 6.07 Å². The van der Waals surface area contributed by atoms with Crippen molar-refractivity contribution in [3.8, 4) is 5.75 Å². The largest absolute Gasteiger partial charge is 0.534 e. The van der Waals surface area contributed by atoms with Gasteiger partial charge in [-0.05, 0) is 36.5 Å². The van der Waals surface area contributed by atoms with Gasteiger partial charge < -0.3 is 25.3 Å². The first kappa shape index (κ1) is 26.7. The highest BCUT2D eigenvalue weighted by Gasteiger charge is 2.64. The highest BCUT2D eigenvalue weighted by Crippen LogP contribution is 2.51. The zero-order valence-electron chi connectivity index (χ0n) is 19.5. The summed E-state index contributed by atoms with van der Waals surface area (Å²) < 4.78 is 66.8. The number of Topliss-reactive ketones (excluding diaryl/α,β-unsaturated/α-hetero) is 3. The van der Waals surface area contributed by atoms with Crippen molar-refractivity contribution in [1.29, 1.82) is 5.41 Å². The van der Waals surface area contributed by atoms with Crippen LogP contribution in [-0.2, 0) is 30.9 Å². The van der Waals surface area contributed by atoms with Crippen molar-refractivity contribution in [2.45, 2.75) is 30.4 Å². The molecule has 37 heavy (non-hydrogen) atoms. The van der Waals surface area contributed by atoms with Crippen LogP contribution in [0.5, 0.6) is 5.75 Å². The lowest BCUT2D eigenvalue weighted by Gasteiger charge is -2.50. The Hall–Kier alpha value is -3.33. The van der Waals surface area contributed by atoms with Crippen molar-refractivity contribution in [2.24, 2.45) is 29.4 Å². The van der Waals surface area contributed by atoms with Gasteiger partial charge in [-0.2, -0.15) is 21.6 Å². The van der Waals surface area contributed by atoms with Crippen LogP contribution in [0.3, 0.4) is 0 Å². The molecule has 0 aromatic heterocycles. The number of amides is 1. The summed E-state index contributed by atoms with van der Waals surface area (Å²) in [4.78, 5) is 53.0. The van der Waals surface area contributed by atoms with Crippen LogP contribution in [0.25, 0.3) is 0 Å². The number of carbonyl (C=O) groups excluding carboxylic acids is 4. The first-order valence-corrected chi connectivity index (χ1v) is 12.4. The molecule has 4 rings (SSSR count). The number of hydrogen-bond acceptors (Lipinski definition) is 10. The van der Waals surface area contributed by atoms with Gasteiger partial charge in [0.25, 0.3) is 0 Å². The van der Waals surface area contributed by atoms with E-state index < -0.39 is 91.6 Å². The number of benzene rings is 1. The molecule has 3 aliphatic carbocycles. The number of nitrogens with zero attached hydrogens (tertiary/aromatic N) is 1. The van der Waals surface area contributed by atoms with Gasteiger partial charge in [0, 0.05) is 32.1 Å². The van der Waals surface area contributed by atoms with Gasteiger partial charge >= 0.3 is 15.6 Å². The van der Waals surface area contributed by atoms with Gasteiger partial charge in [0.15, 0.2) is 28.7 Å². The number of ketones is 3. The Morgan fingerprint density at radius 1 is 1.22 bits per heavy atom. The van der Waals surface area contributed by atoms with Crippen LogP contribution in [0.1, 0.15) is 28.8 Å². The van der Waals surface area contributed by atoms with Crippen LogP contribution in [0, 0.1) is 29.1 Å². The lowest BCUT2D eigenvalue weighted by Crippen LogP contribution is -2.68. The van der Waals surface area contributed by atoms with E-state index in [4.69, 9.17) is 11.1 Å². The molecule has 11 nitrogen and oxygen atoms in total. The van der Waals surface area contributed by atoms with E-state index in [-0.39, 0.29) is 18.4 Å². The molecule has 2 saturated carbocycles. The molecule has 5 atom stereocenters. The fraction of sp³-hybridized carbons (Fsp3) is 0.500. The molecule has 2 fully saturated rings. The van der Waals surface area contributed by atoms with Crippen LogP contribution in [0.2, 0.25) is 0 Å². The molecule has 15 heteroatoms. The monoisotopic (exact) mass is 545 g/mol. The number of rotatable bonds is 4. The minimum absolute atomic E-state index is 0.0956. The van der Waals surface area contributed by atoms with Gasteiger partial charge in [-0.3, -0.25) is 19.2 Å². The zero-order chi connectivity index (χ0) is 27.8. The zero-order valence-corrected chi connectivity index (χ0v) is 20.3. The van der Waals surface area contributed by atoms with Crippen molar-refractivity contribution >= 4 is 44.8 Å². The van der Waals surface area contributed by atoms with Crippen molar-refractivity contribution in [3.05, 3.63) is 23.3 Å². The second-order valence-electron chi connectivity index (χ2n) is 9.60. The minimum Gasteiger partial charge on any atom is -0.377 e. The summed E-state index contributed by atoms with van der Waals surface area (Å²) in [5, 5.41) is 19.6. The molecule has 1 amide bonds. The molecule has 0 saturated heterocycles. The predicted molar refractivity (Wildman–Crippen MR) is 119 cm³/mol. The highest BCUT2D eigenvalue weighted by molar-refractivity contribution is 7.88. The van der Waals surface area contributed by atoms with Crippen LogP contribution in [-0.4, -0.2) is 67.7 Å². The molecule has 3 aliphatic rings. The molecule has 1 aromatic carbocycles. The molecule has 4 N–H and O–H groups in total. The van der Waals surface area contributed by atoms with E-state index >= 15 is 0 Å².